The number of halogens is 2. The van der Waals surface area contributed by atoms with Crippen LogP contribution in [0.1, 0.15) is 20.3 Å². The van der Waals surface area contributed by atoms with Crippen LogP contribution in [0.2, 0.25) is 5.02 Å². The van der Waals surface area contributed by atoms with Crippen molar-refractivity contribution in [3.63, 3.8) is 0 Å². The quantitative estimate of drug-likeness (QED) is 0.780. The molecule has 2 unspecified atom stereocenters. The van der Waals surface area contributed by atoms with Gasteiger partial charge in [0.05, 0.1) is 5.02 Å². The molecule has 2 heterocycles. The van der Waals surface area contributed by atoms with Crippen LogP contribution in [0.15, 0.2) is 16.7 Å². The lowest BCUT2D eigenvalue weighted by Gasteiger charge is -2.36. The highest BCUT2D eigenvalue weighted by Gasteiger charge is 2.24. The van der Waals surface area contributed by atoms with E-state index < -0.39 is 0 Å². The summed E-state index contributed by atoms with van der Waals surface area (Å²) >= 11 is 9.60. The first kappa shape index (κ1) is 12.2. The molecule has 2 nitrogen and oxygen atoms in total. The summed E-state index contributed by atoms with van der Waals surface area (Å²) in [7, 11) is 0. The largest absolute Gasteiger partial charge is 0.355 e. The number of piperidine rings is 1. The van der Waals surface area contributed by atoms with E-state index in [4.69, 9.17) is 11.6 Å². The van der Waals surface area contributed by atoms with Gasteiger partial charge in [0.15, 0.2) is 0 Å². The number of pyridine rings is 1. The molecule has 1 fully saturated rings. The molecule has 0 spiro atoms. The van der Waals surface area contributed by atoms with Gasteiger partial charge in [0, 0.05) is 23.8 Å². The van der Waals surface area contributed by atoms with Crippen molar-refractivity contribution in [2.75, 3.05) is 18.0 Å². The minimum Gasteiger partial charge on any atom is -0.355 e. The Kier molecular flexibility index (Phi) is 3.75. The normalized spacial score (nSPS) is 25.9. The number of nitrogens with zero attached hydrogens (tertiary/aromatic N) is 2. The van der Waals surface area contributed by atoms with E-state index in [1.54, 1.807) is 0 Å². The third-order valence-corrected chi connectivity index (χ3v) is 3.67. The molecule has 0 aromatic carbocycles. The number of hydrogen-bond acceptors (Lipinski definition) is 2. The van der Waals surface area contributed by atoms with Crippen LogP contribution < -0.4 is 4.90 Å². The summed E-state index contributed by atoms with van der Waals surface area (Å²) in [5, 5.41) is 0.732. The Bertz CT molecular complexity index is 373. The van der Waals surface area contributed by atoms with Crippen molar-refractivity contribution in [3.8, 4) is 0 Å². The van der Waals surface area contributed by atoms with E-state index >= 15 is 0 Å². The third-order valence-electron chi connectivity index (χ3n) is 2.96. The minimum absolute atomic E-state index is 0.713. The van der Waals surface area contributed by atoms with E-state index in [1.165, 1.54) is 6.42 Å². The Labute approximate surface area is 110 Å². The lowest BCUT2D eigenvalue weighted by molar-refractivity contribution is 0.355. The van der Waals surface area contributed by atoms with Crippen LogP contribution in [0, 0.1) is 11.8 Å². The highest BCUT2D eigenvalue weighted by molar-refractivity contribution is 9.10. The predicted molar refractivity (Wildman–Crippen MR) is 72.1 cm³/mol. The zero-order valence-corrected chi connectivity index (χ0v) is 11.9. The maximum absolute atomic E-state index is 6.22. The fraction of sp³-hybridized carbons (Fsp3) is 0.583. The van der Waals surface area contributed by atoms with Crippen LogP contribution in [-0.2, 0) is 0 Å². The smallest absolute Gasteiger partial charge is 0.147 e. The molecular weight excluding hydrogens is 288 g/mol. The number of anilines is 1. The van der Waals surface area contributed by atoms with Crippen molar-refractivity contribution in [2.24, 2.45) is 11.8 Å². The number of hydrogen-bond donors (Lipinski definition) is 0. The molecule has 0 amide bonds. The van der Waals surface area contributed by atoms with Gasteiger partial charge in [-0.15, -0.1) is 0 Å². The Morgan fingerprint density at radius 2 is 2.00 bits per heavy atom. The van der Waals surface area contributed by atoms with Crippen molar-refractivity contribution in [2.45, 2.75) is 20.3 Å². The molecule has 4 heteroatoms. The molecule has 1 aromatic heterocycles. The van der Waals surface area contributed by atoms with Crippen LogP contribution in [0.3, 0.4) is 0 Å². The SMILES string of the molecule is CC1CC(C)CN(c2ncc(Br)cc2Cl)C1. The summed E-state index contributed by atoms with van der Waals surface area (Å²) in [5.41, 5.74) is 0. The van der Waals surface area contributed by atoms with E-state index in [0.29, 0.717) is 11.8 Å². The summed E-state index contributed by atoms with van der Waals surface area (Å²) in [5.74, 6) is 2.35. The van der Waals surface area contributed by atoms with Gasteiger partial charge in [-0.25, -0.2) is 4.98 Å². The molecule has 1 saturated heterocycles. The topological polar surface area (TPSA) is 16.1 Å². The molecule has 16 heavy (non-hydrogen) atoms. The molecule has 1 aliphatic heterocycles. The van der Waals surface area contributed by atoms with Crippen LogP contribution in [0.4, 0.5) is 5.82 Å². The summed E-state index contributed by atoms with van der Waals surface area (Å²) in [4.78, 5) is 6.72. The standard InChI is InChI=1S/C12H16BrClN2/c1-8-3-9(2)7-16(6-8)12-11(14)4-10(13)5-15-12/h4-5,8-9H,3,6-7H2,1-2H3. The zero-order chi connectivity index (χ0) is 11.7. The highest BCUT2D eigenvalue weighted by Crippen LogP contribution is 2.31. The summed E-state index contributed by atoms with van der Waals surface area (Å²) in [6.45, 7) is 6.68. The van der Waals surface area contributed by atoms with Gasteiger partial charge in [0.2, 0.25) is 0 Å². The van der Waals surface area contributed by atoms with Gasteiger partial charge in [0.25, 0.3) is 0 Å². The third kappa shape index (κ3) is 2.69. The first-order valence-electron chi connectivity index (χ1n) is 5.62. The lowest BCUT2D eigenvalue weighted by atomic mass is 9.92. The van der Waals surface area contributed by atoms with E-state index in [0.717, 1.165) is 28.4 Å². The molecule has 1 aromatic rings. The number of rotatable bonds is 1. The van der Waals surface area contributed by atoms with Gasteiger partial charge in [-0.2, -0.15) is 0 Å². The predicted octanol–water partition coefficient (Wildman–Crippen LogP) is 3.98. The van der Waals surface area contributed by atoms with E-state index in [1.807, 2.05) is 12.3 Å². The van der Waals surface area contributed by atoms with E-state index in [-0.39, 0.29) is 0 Å². The van der Waals surface area contributed by atoms with Gasteiger partial charge >= 0.3 is 0 Å². The van der Waals surface area contributed by atoms with Crippen LogP contribution in [-0.4, -0.2) is 18.1 Å². The maximum Gasteiger partial charge on any atom is 0.147 e. The van der Waals surface area contributed by atoms with Crippen LogP contribution >= 0.6 is 27.5 Å². The average Bonchev–Trinajstić information content (AvgIpc) is 2.15. The van der Waals surface area contributed by atoms with Gasteiger partial charge in [-0.3, -0.25) is 0 Å². The molecule has 0 N–H and O–H groups in total. The minimum atomic E-state index is 0.713. The first-order valence-corrected chi connectivity index (χ1v) is 6.79. The van der Waals surface area contributed by atoms with Gasteiger partial charge < -0.3 is 4.90 Å². The molecule has 0 radical (unpaired) electrons. The van der Waals surface area contributed by atoms with Crippen molar-refractivity contribution in [1.29, 1.82) is 0 Å². The second-order valence-corrected chi connectivity index (χ2v) is 6.13. The fourth-order valence-electron chi connectivity index (χ4n) is 2.48. The monoisotopic (exact) mass is 302 g/mol. The van der Waals surface area contributed by atoms with Crippen LogP contribution in [0.25, 0.3) is 0 Å². The van der Waals surface area contributed by atoms with Crippen molar-refractivity contribution < 1.29 is 0 Å². The Balaban J connectivity index is 2.23. The molecule has 0 aliphatic carbocycles. The van der Waals surface area contributed by atoms with Gasteiger partial charge in [-0.05, 0) is 40.3 Å². The second kappa shape index (κ2) is 4.92. The fourth-order valence-corrected chi connectivity index (χ4v) is 3.22. The molecule has 1 aliphatic rings. The highest BCUT2D eigenvalue weighted by atomic mass is 79.9. The van der Waals surface area contributed by atoms with E-state index in [2.05, 4.69) is 39.7 Å². The second-order valence-electron chi connectivity index (χ2n) is 4.81. The summed E-state index contributed by atoms with van der Waals surface area (Å²) < 4.78 is 0.930. The molecule has 0 saturated carbocycles. The Morgan fingerprint density at radius 1 is 1.38 bits per heavy atom. The molecule has 2 rings (SSSR count). The van der Waals surface area contributed by atoms with Gasteiger partial charge in [0.1, 0.15) is 5.82 Å². The molecule has 2 atom stereocenters. The molecular formula is C12H16BrClN2. The Hall–Kier alpha value is -0.280. The number of aromatic nitrogens is 1. The summed E-state index contributed by atoms with van der Waals surface area (Å²) in [6.07, 6.45) is 3.11. The molecule has 88 valence electrons. The zero-order valence-electron chi connectivity index (χ0n) is 9.58. The Morgan fingerprint density at radius 3 is 2.56 bits per heavy atom. The van der Waals surface area contributed by atoms with Crippen molar-refractivity contribution >= 4 is 33.3 Å². The van der Waals surface area contributed by atoms with Gasteiger partial charge in [-0.1, -0.05) is 25.4 Å². The van der Waals surface area contributed by atoms with E-state index in [9.17, 15) is 0 Å². The first-order chi connectivity index (χ1) is 7.56. The summed E-state index contributed by atoms with van der Waals surface area (Å²) in [6, 6.07) is 1.91. The van der Waals surface area contributed by atoms with Crippen molar-refractivity contribution in [1.82, 2.24) is 4.98 Å². The van der Waals surface area contributed by atoms with Crippen LogP contribution in [0.5, 0.6) is 0 Å². The maximum atomic E-state index is 6.22. The average molecular weight is 304 g/mol. The molecule has 0 bridgehead atoms. The van der Waals surface area contributed by atoms with Crippen molar-refractivity contribution in [3.05, 3.63) is 21.8 Å². The lowest BCUT2D eigenvalue weighted by Crippen LogP contribution is -2.39.